The van der Waals surface area contributed by atoms with Crippen molar-refractivity contribution >= 4 is 11.9 Å². The summed E-state index contributed by atoms with van der Waals surface area (Å²) in [5.41, 5.74) is 0. The van der Waals surface area contributed by atoms with E-state index in [9.17, 15) is 9.59 Å². The Kier molecular flexibility index (Phi) is 14.7. The lowest BCUT2D eigenvalue weighted by Gasteiger charge is -2.12. The summed E-state index contributed by atoms with van der Waals surface area (Å²) in [7, 11) is 0. The number of esters is 2. The van der Waals surface area contributed by atoms with Crippen LogP contribution in [0.15, 0.2) is 0 Å². The number of rotatable bonds is 15. The van der Waals surface area contributed by atoms with Crippen LogP contribution in [0.1, 0.15) is 79.1 Å². The van der Waals surface area contributed by atoms with E-state index in [-0.39, 0.29) is 11.9 Å². The minimum Gasteiger partial charge on any atom is -0.436 e. The SMILES string of the molecule is CC(=O)OC(C)OCCCCCCCCCCOC(C)OC(C)=O. The van der Waals surface area contributed by atoms with Gasteiger partial charge in [-0.25, -0.2) is 0 Å². The van der Waals surface area contributed by atoms with E-state index in [2.05, 4.69) is 0 Å². The van der Waals surface area contributed by atoms with Gasteiger partial charge in [0.25, 0.3) is 0 Å². The molecule has 2 unspecified atom stereocenters. The first-order chi connectivity index (χ1) is 11.4. The van der Waals surface area contributed by atoms with E-state index < -0.39 is 12.6 Å². The molecule has 0 aromatic carbocycles. The summed E-state index contributed by atoms with van der Waals surface area (Å²) in [5, 5.41) is 0. The summed E-state index contributed by atoms with van der Waals surface area (Å²) in [4.78, 5) is 21.4. The van der Waals surface area contributed by atoms with Crippen LogP contribution in [0, 0.1) is 0 Å². The van der Waals surface area contributed by atoms with Gasteiger partial charge < -0.3 is 18.9 Å². The van der Waals surface area contributed by atoms with Crippen molar-refractivity contribution in [2.45, 2.75) is 91.6 Å². The molecule has 0 saturated carbocycles. The number of unbranched alkanes of at least 4 members (excludes halogenated alkanes) is 7. The van der Waals surface area contributed by atoms with Gasteiger partial charge in [-0.15, -0.1) is 0 Å². The molecule has 0 bridgehead atoms. The van der Waals surface area contributed by atoms with Gasteiger partial charge in [0.05, 0.1) is 13.2 Å². The molecule has 0 aromatic heterocycles. The van der Waals surface area contributed by atoms with Gasteiger partial charge in [-0.05, 0) is 26.7 Å². The number of ether oxygens (including phenoxy) is 4. The molecule has 0 saturated heterocycles. The third-order valence-corrected chi connectivity index (χ3v) is 3.41. The fourth-order valence-corrected chi connectivity index (χ4v) is 2.30. The zero-order valence-corrected chi connectivity index (χ0v) is 15.7. The highest BCUT2D eigenvalue weighted by molar-refractivity contribution is 5.66. The second-order valence-corrected chi connectivity index (χ2v) is 5.92. The Balaban J connectivity index is 3.20. The average Bonchev–Trinajstić information content (AvgIpc) is 2.46. The molecule has 0 aromatic rings. The number of hydrogen-bond acceptors (Lipinski definition) is 6. The average molecular weight is 346 g/mol. The highest BCUT2D eigenvalue weighted by Crippen LogP contribution is 2.09. The van der Waals surface area contributed by atoms with Gasteiger partial charge in [0.2, 0.25) is 0 Å². The van der Waals surface area contributed by atoms with Crippen LogP contribution in [0.5, 0.6) is 0 Å². The summed E-state index contributed by atoms with van der Waals surface area (Å²) in [6.07, 6.45) is 8.21. The van der Waals surface area contributed by atoms with Gasteiger partial charge in [0, 0.05) is 13.8 Å². The summed E-state index contributed by atoms with van der Waals surface area (Å²) < 4.78 is 20.5. The minimum absolute atomic E-state index is 0.311. The lowest BCUT2D eigenvalue weighted by atomic mass is 10.1. The molecule has 2 atom stereocenters. The van der Waals surface area contributed by atoms with Crippen molar-refractivity contribution in [3.05, 3.63) is 0 Å². The zero-order valence-electron chi connectivity index (χ0n) is 15.7. The molecular weight excluding hydrogens is 312 g/mol. The van der Waals surface area contributed by atoms with E-state index in [0.717, 1.165) is 25.7 Å². The fraction of sp³-hybridized carbons (Fsp3) is 0.889. The number of carbonyl (C=O) groups is 2. The molecule has 0 aliphatic heterocycles. The molecule has 0 aliphatic rings. The van der Waals surface area contributed by atoms with Gasteiger partial charge >= 0.3 is 11.9 Å². The van der Waals surface area contributed by atoms with Crippen molar-refractivity contribution in [3.63, 3.8) is 0 Å². The van der Waals surface area contributed by atoms with Gasteiger partial charge in [0.15, 0.2) is 12.6 Å². The van der Waals surface area contributed by atoms with Gasteiger partial charge in [-0.2, -0.15) is 0 Å². The molecule has 0 heterocycles. The van der Waals surface area contributed by atoms with Crippen molar-refractivity contribution in [1.82, 2.24) is 0 Å². The van der Waals surface area contributed by atoms with E-state index in [4.69, 9.17) is 18.9 Å². The van der Waals surface area contributed by atoms with Crippen LogP contribution in [-0.4, -0.2) is 37.7 Å². The summed E-state index contributed by atoms with van der Waals surface area (Å²) in [5.74, 6) is -0.623. The van der Waals surface area contributed by atoms with Gasteiger partial charge in [0.1, 0.15) is 0 Å². The predicted molar refractivity (Wildman–Crippen MR) is 91.3 cm³/mol. The van der Waals surface area contributed by atoms with E-state index >= 15 is 0 Å². The van der Waals surface area contributed by atoms with Crippen LogP contribution in [0.2, 0.25) is 0 Å². The molecule has 0 amide bonds. The first-order valence-corrected chi connectivity index (χ1v) is 8.99. The van der Waals surface area contributed by atoms with Crippen LogP contribution in [-0.2, 0) is 28.5 Å². The second-order valence-electron chi connectivity index (χ2n) is 5.92. The third kappa shape index (κ3) is 17.2. The summed E-state index contributed by atoms with van der Waals surface area (Å²) in [6.45, 7) is 7.49. The van der Waals surface area contributed by atoms with Gasteiger partial charge in [-0.1, -0.05) is 38.5 Å². The zero-order chi connectivity index (χ0) is 18.2. The highest BCUT2D eigenvalue weighted by Gasteiger charge is 2.05. The fourth-order valence-electron chi connectivity index (χ4n) is 2.30. The molecule has 24 heavy (non-hydrogen) atoms. The predicted octanol–water partition coefficient (Wildman–Crippen LogP) is 3.96. The van der Waals surface area contributed by atoms with Crippen LogP contribution in [0.3, 0.4) is 0 Å². The van der Waals surface area contributed by atoms with Crippen molar-refractivity contribution in [2.24, 2.45) is 0 Å². The molecule has 0 N–H and O–H groups in total. The van der Waals surface area contributed by atoms with Crippen molar-refractivity contribution in [2.75, 3.05) is 13.2 Å². The quantitative estimate of drug-likeness (QED) is 0.254. The molecule has 6 heteroatoms. The summed E-state index contributed by atoms with van der Waals surface area (Å²) in [6, 6.07) is 0. The first-order valence-electron chi connectivity index (χ1n) is 8.99. The first kappa shape index (κ1) is 22.9. The molecule has 0 aliphatic carbocycles. The Bertz CT molecular complexity index is 299. The molecule has 0 spiro atoms. The minimum atomic E-state index is -0.451. The normalized spacial score (nSPS) is 13.3. The Morgan fingerprint density at radius 3 is 1.21 bits per heavy atom. The largest absolute Gasteiger partial charge is 0.436 e. The Morgan fingerprint density at radius 1 is 0.625 bits per heavy atom. The summed E-state index contributed by atoms with van der Waals surface area (Å²) >= 11 is 0. The van der Waals surface area contributed by atoms with Crippen LogP contribution in [0.4, 0.5) is 0 Å². The number of carbonyl (C=O) groups excluding carboxylic acids is 2. The van der Waals surface area contributed by atoms with Crippen molar-refractivity contribution in [1.29, 1.82) is 0 Å². The Labute approximate surface area is 146 Å². The lowest BCUT2D eigenvalue weighted by molar-refractivity contribution is -0.173. The van der Waals surface area contributed by atoms with Gasteiger partial charge in [-0.3, -0.25) is 9.59 Å². The maximum atomic E-state index is 10.7. The molecule has 6 nitrogen and oxygen atoms in total. The standard InChI is InChI=1S/C18H34O6/c1-15(19)23-17(3)21-13-11-9-7-5-6-8-10-12-14-22-18(4)24-16(2)20/h17-18H,5-14H2,1-4H3. The molecule has 0 fully saturated rings. The lowest BCUT2D eigenvalue weighted by Crippen LogP contribution is -2.16. The second kappa shape index (κ2) is 15.4. The maximum Gasteiger partial charge on any atom is 0.304 e. The Morgan fingerprint density at radius 2 is 0.917 bits per heavy atom. The molecule has 142 valence electrons. The van der Waals surface area contributed by atoms with Crippen LogP contribution in [0.25, 0.3) is 0 Å². The monoisotopic (exact) mass is 346 g/mol. The van der Waals surface area contributed by atoms with E-state index in [1.165, 1.54) is 39.5 Å². The molecule has 0 radical (unpaired) electrons. The molecule has 0 rings (SSSR count). The Hall–Kier alpha value is -1.14. The van der Waals surface area contributed by atoms with E-state index in [0.29, 0.717) is 13.2 Å². The highest BCUT2D eigenvalue weighted by atomic mass is 16.7. The van der Waals surface area contributed by atoms with E-state index in [1.54, 1.807) is 13.8 Å². The van der Waals surface area contributed by atoms with Crippen LogP contribution < -0.4 is 0 Å². The third-order valence-electron chi connectivity index (χ3n) is 3.41. The van der Waals surface area contributed by atoms with Crippen molar-refractivity contribution in [3.8, 4) is 0 Å². The topological polar surface area (TPSA) is 71.1 Å². The molecular formula is C18H34O6. The smallest absolute Gasteiger partial charge is 0.304 e. The maximum absolute atomic E-state index is 10.7. The van der Waals surface area contributed by atoms with Crippen LogP contribution >= 0.6 is 0 Å². The van der Waals surface area contributed by atoms with E-state index in [1.807, 2.05) is 0 Å². The van der Waals surface area contributed by atoms with Crippen molar-refractivity contribution < 1.29 is 28.5 Å². The number of hydrogen-bond donors (Lipinski definition) is 0.